The highest BCUT2D eigenvalue weighted by Crippen LogP contribution is 2.16. The molecule has 2 rings (SSSR count). The normalized spacial score (nSPS) is 16.9. The Bertz CT molecular complexity index is 484. The Morgan fingerprint density at radius 2 is 2.06 bits per heavy atom. The van der Waals surface area contributed by atoms with Crippen LogP contribution in [0.3, 0.4) is 0 Å². The molecule has 0 bridgehead atoms. The van der Waals surface area contributed by atoms with Gasteiger partial charge in [-0.25, -0.2) is 13.4 Å². The van der Waals surface area contributed by atoms with Crippen molar-refractivity contribution in [1.82, 2.24) is 9.88 Å². The summed E-state index contributed by atoms with van der Waals surface area (Å²) < 4.78 is 27.5. The Morgan fingerprint density at radius 1 is 1.33 bits per heavy atom. The second kappa shape index (κ2) is 5.86. The van der Waals surface area contributed by atoms with Gasteiger partial charge in [0, 0.05) is 23.3 Å². The highest BCUT2D eigenvalue weighted by atomic mass is 35.7. The number of hydrogen-bond acceptors (Lipinski definition) is 5. The fourth-order valence-electron chi connectivity index (χ4n) is 1.88. The average Bonchev–Trinajstić information content (AvgIpc) is 2.82. The van der Waals surface area contributed by atoms with E-state index in [-0.39, 0.29) is 4.90 Å². The molecule has 100 valence electrons. The fraction of sp³-hybridized carbons (Fsp3) is 0.545. The van der Waals surface area contributed by atoms with Gasteiger partial charge in [-0.2, -0.15) is 0 Å². The summed E-state index contributed by atoms with van der Waals surface area (Å²) in [5.74, 6) is 0.415. The monoisotopic (exact) mass is 290 g/mol. The first-order chi connectivity index (χ1) is 8.55. The number of likely N-dealkylation sites (tertiary alicyclic amines) is 1. The van der Waals surface area contributed by atoms with E-state index in [4.69, 9.17) is 15.4 Å². The number of ether oxygens (including phenoxy) is 1. The van der Waals surface area contributed by atoms with E-state index in [2.05, 4.69) is 9.88 Å². The minimum absolute atomic E-state index is 0.0175. The standard InChI is InChI=1S/C11H15ClN2O3S/c12-18(15,16)10-3-4-11(13-9-10)17-8-7-14-5-1-2-6-14/h3-4,9H,1-2,5-8H2. The lowest BCUT2D eigenvalue weighted by Gasteiger charge is -2.14. The van der Waals surface area contributed by atoms with E-state index in [9.17, 15) is 8.42 Å². The van der Waals surface area contributed by atoms with Crippen molar-refractivity contribution < 1.29 is 13.2 Å². The van der Waals surface area contributed by atoms with Gasteiger partial charge in [0.2, 0.25) is 5.88 Å². The number of nitrogens with zero attached hydrogens (tertiary/aromatic N) is 2. The average molecular weight is 291 g/mol. The van der Waals surface area contributed by atoms with Crippen LogP contribution in [0, 0.1) is 0 Å². The quantitative estimate of drug-likeness (QED) is 0.769. The minimum atomic E-state index is -3.71. The Kier molecular flexibility index (Phi) is 4.42. The predicted octanol–water partition coefficient (Wildman–Crippen LogP) is 1.48. The molecular weight excluding hydrogens is 276 g/mol. The van der Waals surface area contributed by atoms with Crippen LogP contribution < -0.4 is 4.74 Å². The van der Waals surface area contributed by atoms with Gasteiger partial charge in [0.25, 0.3) is 9.05 Å². The zero-order chi connectivity index (χ0) is 13.0. The molecule has 18 heavy (non-hydrogen) atoms. The molecule has 0 radical (unpaired) electrons. The molecule has 1 aliphatic rings. The van der Waals surface area contributed by atoms with E-state index in [0.29, 0.717) is 12.5 Å². The molecule has 1 aromatic rings. The summed E-state index contributed by atoms with van der Waals surface area (Å²) in [4.78, 5) is 6.22. The van der Waals surface area contributed by atoms with E-state index in [1.54, 1.807) is 0 Å². The van der Waals surface area contributed by atoms with E-state index in [1.807, 2.05) is 0 Å². The van der Waals surface area contributed by atoms with Crippen LogP contribution in [-0.4, -0.2) is 44.5 Å². The van der Waals surface area contributed by atoms with Gasteiger partial charge in [-0.3, -0.25) is 4.90 Å². The van der Waals surface area contributed by atoms with Crippen LogP contribution in [0.2, 0.25) is 0 Å². The van der Waals surface area contributed by atoms with Crippen molar-refractivity contribution in [1.29, 1.82) is 0 Å². The van der Waals surface area contributed by atoms with Crippen LogP contribution in [0.4, 0.5) is 0 Å². The number of aromatic nitrogens is 1. The van der Waals surface area contributed by atoms with E-state index in [0.717, 1.165) is 19.6 Å². The van der Waals surface area contributed by atoms with E-state index < -0.39 is 9.05 Å². The molecule has 0 saturated carbocycles. The Balaban J connectivity index is 1.83. The van der Waals surface area contributed by atoms with Crippen LogP contribution >= 0.6 is 10.7 Å². The van der Waals surface area contributed by atoms with Crippen molar-refractivity contribution in [3.63, 3.8) is 0 Å². The van der Waals surface area contributed by atoms with Crippen molar-refractivity contribution in [2.45, 2.75) is 17.7 Å². The zero-order valence-corrected chi connectivity index (χ0v) is 11.5. The third-order valence-electron chi connectivity index (χ3n) is 2.85. The third kappa shape index (κ3) is 3.83. The van der Waals surface area contributed by atoms with Crippen molar-refractivity contribution >= 4 is 19.7 Å². The SMILES string of the molecule is O=S(=O)(Cl)c1ccc(OCCN2CCCC2)nc1. The van der Waals surface area contributed by atoms with Crippen molar-refractivity contribution in [2.24, 2.45) is 0 Å². The molecule has 1 aromatic heterocycles. The molecule has 1 saturated heterocycles. The Labute approximate surface area is 111 Å². The van der Waals surface area contributed by atoms with Crippen LogP contribution in [-0.2, 0) is 9.05 Å². The zero-order valence-electron chi connectivity index (χ0n) is 9.88. The summed E-state index contributed by atoms with van der Waals surface area (Å²) >= 11 is 0. The summed E-state index contributed by atoms with van der Waals surface area (Å²) in [6.07, 6.45) is 3.70. The second-order valence-electron chi connectivity index (χ2n) is 4.17. The van der Waals surface area contributed by atoms with Gasteiger partial charge in [0.1, 0.15) is 11.5 Å². The summed E-state index contributed by atoms with van der Waals surface area (Å²) in [5.41, 5.74) is 0. The van der Waals surface area contributed by atoms with Gasteiger partial charge in [0.15, 0.2) is 0 Å². The Hall–Kier alpha value is -0.850. The van der Waals surface area contributed by atoms with Crippen molar-refractivity contribution in [3.05, 3.63) is 18.3 Å². The van der Waals surface area contributed by atoms with E-state index in [1.165, 1.54) is 31.2 Å². The second-order valence-corrected chi connectivity index (χ2v) is 6.73. The molecule has 0 unspecified atom stereocenters. The van der Waals surface area contributed by atoms with Gasteiger partial charge in [-0.15, -0.1) is 0 Å². The molecule has 0 spiro atoms. The van der Waals surface area contributed by atoms with Crippen molar-refractivity contribution in [3.8, 4) is 5.88 Å². The maximum atomic E-state index is 11.0. The molecule has 0 aliphatic carbocycles. The third-order valence-corrected chi connectivity index (χ3v) is 4.19. The molecule has 7 heteroatoms. The van der Waals surface area contributed by atoms with Gasteiger partial charge < -0.3 is 4.74 Å². The smallest absolute Gasteiger partial charge is 0.262 e. The lowest BCUT2D eigenvalue weighted by atomic mass is 10.4. The summed E-state index contributed by atoms with van der Waals surface area (Å²) in [6.45, 7) is 3.68. The first-order valence-corrected chi connectivity index (χ1v) is 8.12. The van der Waals surface area contributed by atoms with Gasteiger partial charge in [-0.1, -0.05) is 0 Å². The van der Waals surface area contributed by atoms with Gasteiger partial charge in [0.05, 0.1) is 6.20 Å². The summed E-state index contributed by atoms with van der Waals surface area (Å²) in [7, 11) is 1.48. The lowest BCUT2D eigenvalue weighted by molar-refractivity contribution is 0.232. The molecule has 0 N–H and O–H groups in total. The minimum Gasteiger partial charge on any atom is -0.476 e. The number of rotatable bonds is 5. The molecule has 1 fully saturated rings. The summed E-state index contributed by atoms with van der Waals surface area (Å²) in [6, 6.07) is 2.90. The molecule has 5 nitrogen and oxygen atoms in total. The Morgan fingerprint density at radius 3 is 2.61 bits per heavy atom. The molecule has 1 aliphatic heterocycles. The fourth-order valence-corrected chi connectivity index (χ4v) is 2.56. The molecule has 0 amide bonds. The highest BCUT2D eigenvalue weighted by Gasteiger charge is 2.12. The maximum absolute atomic E-state index is 11.0. The number of pyridine rings is 1. The molecule has 0 aromatic carbocycles. The first kappa shape index (κ1) is 13.6. The number of halogens is 1. The van der Waals surface area contributed by atoms with Crippen molar-refractivity contribution in [2.75, 3.05) is 26.2 Å². The highest BCUT2D eigenvalue weighted by molar-refractivity contribution is 8.13. The van der Waals surface area contributed by atoms with Crippen LogP contribution in [0.15, 0.2) is 23.2 Å². The maximum Gasteiger partial charge on any atom is 0.262 e. The van der Waals surface area contributed by atoms with Crippen LogP contribution in [0.25, 0.3) is 0 Å². The number of hydrogen-bond donors (Lipinski definition) is 0. The molecule has 2 heterocycles. The van der Waals surface area contributed by atoms with Gasteiger partial charge in [-0.05, 0) is 32.0 Å². The van der Waals surface area contributed by atoms with Crippen LogP contribution in [0.5, 0.6) is 5.88 Å². The topological polar surface area (TPSA) is 59.5 Å². The lowest BCUT2D eigenvalue weighted by Crippen LogP contribution is -2.25. The van der Waals surface area contributed by atoms with E-state index >= 15 is 0 Å². The molecular formula is C11H15ClN2O3S. The molecule has 0 atom stereocenters. The largest absolute Gasteiger partial charge is 0.476 e. The summed E-state index contributed by atoms with van der Waals surface area (Å²) in [5, 5.41) is 0. The van der Waals surface area contributed by atoms with Gasteiger partial charge >= 0.3 is 0 Å². The van der Waals surface area contributed by atoms with Crippen LogP contribution in [0.1, 0.15) is 12.8 Å². The first-order valence-electron chi connectivity index (χ1n) is 5.81. The predicted molar refractivity (Wildman–Crippen MR) is 68.4 cm³/mol.